The average Bonchev–Trinajstić information content (AvgIpc) is 2.80. The highest BCUT2D eigenvalue weighted by molar-refractivity contribution is 5.37. The molecule has 4 aliphatic rings. The Morgan fingerprint density at radius 2 is 2.05 bits per heavy atom. The smallest absolute Gasteiger partial charge is 0.170 e. The first-order chi connectivity index (χ1) is 10.5. The standard InChI is InChI=1S/C19H26O3/c1-18-10-8-13-12-4-3-5-17(20)15(12)7-6-14(13)16(18)9-11-19(18,21)22-2/h3-4,6-7,12-14,16,20-21H,5,8-11H2,1-2H3/t12-,13-,14-,16+,18+,19-/m1/s1. The van der Waals surface area contributed by atoms with Crippen LogP contribution in [0.15, 0.2) is 35.6 Å². The summed E-state index contributed by atoms with van der Waals surface area (Å²) in [6.07, 6.45) is 13.3. The molecule has 0 aromatic carbocycles. The van der Waals surface area contributed by atoms with Gasteiger partial charge in [-0.25, -0.2) is 0 Å². The van der Waals surface area contributed by atoms with Gasteiger partial charge < -0.3 is 14.9 Å². The maximum absolute atomic E-state index is 10.9. The lowest BCUT2D eigenvalue weighted by Gasteiger charge is -2.52. The second-order valence-electron chi connectivity index (χ2n) is 7.75. The van der Waals surface area contributed by atoms with Gasteiger partial charge in [-0.1, -0.05) is 31.2 Å². The van der Waals surface area contributed by atoms with E-state index in [1.54, 1.807) is 7.11 Å². The molecular formula is C19H26O3. The first-order valence-corrected chi connectivity index (χ1v) is 8.54. The fraction of sp³-hybridized carbons (Fsp3) is 0.684. The van der Waals surface area contributed by atoms with Crippen LogP contribution in [0, 0.1) is 29.1 Å². The van der Waals surface area contributed by atoms with Crippen LogP contribution in [0.5, 0.6) is 0 Å². The average molecular weight is 302 g/mol. The van der Waals surface area contributed by atoms with Gasteiger partial charge in [-0.05, 0) is 42.6 Å². The monoisotopic (exact) mass is 302 g/mol. The molecule has 0 bridgehead atoms. The van der Waals surface area contributed by atoms with Gasteiger partial charge in [-0.2, -0.15) is 0 Å². The van der Waals surface area contributed by atoms with Crippen molar-refractivity contribution in [3.05, 3.63) is 35.6 Å². The van der Waals surface area contributed by atoms with Crippen LogP contribution in [0.4, 0.5) is 0 Å². The molecule has 6 atom stereocenters. The molecule has 3 heteroatoms. The molecule has 3 nitrogen and oxygen atoms in total. The maximum atomic E-state index is 10.9. The van der Waals surface area contributed by atoms with E-state index in [0.29, 0.717) is 35.9 Å². The summed E-state index contributed by atoms with van der Waals surface area (Å²) in [6, 6.07) is 0. The van der Waals surface area contributed by atoms with Gasteiger partial charge in [0.05, 0.1) is 5.76 Å². The maximum Gasteiger partial charge on any atom is 0.170 e. The molecule has 0 saturated heterocycles. The molecule has 4 rings (SSSR count). The number of hydrogen-bond acceptors (Lipinski definition) is 3. The summed E-state index contributed by atoms with van der Waals surface area (Å²) in [6.45, 7) is 2.21. The van der Waals surface area contributed by atoms with Crippen molar-refractivity contribution in [3.8, 4) is 0 Å². The first-order valence-electron chi connectivity index (χ1n) is 8.54. The van der Waals surface area contributed by atoms with Crippen LogP contribution in [-0.2, 0) is 4.74 Å². The highest BCUT2D eigenvalue weighted by Crippen LogP contribution is 2.63. The number of rotatable bonds is 1. The molecule has 0 aromatic heterocycles. The summed E-state index contributed by atoms with van der Waals surface area (Å²) in [5, 5.41) is 21.1. The van der Waals surface area contributed by atoms with Crippen LogP contribution in [0.2, 0.25) is 0 Å². The molecule has 22 heavy (non-hydrogen) atoms. The highest BCUT2D eigenvalue weighted by Gasteiger charge is 2.62. The number of fused-ring (bicyclic) bond motifs is 5. The van der Waals surface area contributed by atoms with Gasteiger partial charge in [0.25, 0.3) is 0 Å². The van der Waals surface area contributed by atoms with E-state index in [1.807, 2.05) is 0 Å². The van der Waals surface area contributed by atoms with Crippen molar-refractivity contribution in [1.82, 2.24) is 0 Å². The molecular weight excluding hydrogens is 276 g/mol. The third-order valence-corrected chi connectivity index (χ3v) is 7.10. The molecule has 0 aromatic rings. The number of ether oxygens (including phenoxy) is 1. The Hall–Kier alpha value is -1.06. The van der Waals surface area contributed by atoms with Crippen LogP contribution >= 0.6 is 0 Å². The summed E-state index contributed by atoms with van der Waals surface area (Å²) in [5.41, 5.74) is 0.960. The van der Waals surface area contributed by atoms with Crippen LogP contribution in [0.25, 0.3) is 0 Å². The van der Waals surface area contributed by atoms with Gasteiger partial charge in [0.15, 0.2) is 5.79 Å². The van der Waals surface area contributed by atoms with E-state index < -0.39 is 5.79 Å². The molecule has 0 spiro atoms. The Kier molecular flexibility index (Phi) is 3.11. The van der Waals surface area contributed by atoms with Crippen molar-refractivity contribution in [2.45, 2.75) is 44.8 Å². The number of aliphatic hydroxyl groups excluding tert-OH is 1. The molecule has 0 amide bonds. The summed E-state index contributed by atoms with van der Waals surface area (Å²) >= 11 is 0. The largest absolute Gasteiger partial charge is 0.512 e. The van der Waals surface area contributed by atoms with Gasteiger partial charge in [0.2, 0.25) is 0 Å². The Balaban J connectivity index is 1.72. The highest BCUT2D eigenvalue weighted by atomic mass is 16.6. The minimum Gasteiger partial charge on any atom is -0.512 e. The van der Waals surface area contributed by atoms with Crippen molar-refractivity contribution in [2.75, 3.05) is 7.11 Å². The minimum absolute atomic E-state index is 0.158. The van der Waals surface area contributed by atoms with Crippen molar-refractivity contribution in [2.24, 2.45) is 29.1 Å². The molecule has 2 N–H and O–H groups in total. The van der Waals surface area contributed by atoms with Gasteiger partial charge in [-0.3, -0.25) is 0 Å². The Bertz CT molecular complexity index is 575. The summed E-state index contributed by atoms with van der Waals surface area (Å²) in [7, 11) is 1.64. The first kappa shape index (κ1) is 14.5. The quantitative estimate of drug-likeness (QED) is 0.573. The Morgan fingerprint density at radius 1 is 1.23 bits per heavy atom. The van der Waals surface area contributed by atoms with Crippen molar-refractivity contribution >= 4 is 0 Å². The lowest BCUT2D eigenvalue weighted by molar-refractivity contribution is -0.259. The Labute approximate surface area is 132 Å². The zero-order chi connectivity index (χ0) is 15.5. The molecule has 2 saturated carbocycles. The molecule has 120 valence electrons. The van der Waals surface area contributed by atoms with Gasteiger partial charge in [-0.15, -0.1) is 0 Å². The van der Waals surface area contributed by atoms with E-state index in [1.165, 1.54) is 0 Å². The number of hydrogen-bond donors (Lipinski definition) is 2. The second kappa shape index (κ2) is 4.72. The van der Waals surface area contributed by atoms with Gasteiger partial charge in [0.1, 0.15) is 0 Å². The number of aliphatic hydroxyl groups is 2. The van der Waals surface area contributed by atoms with Crippen LogP contribution in [0.1, 0.15) is 39.0 Å². The topological polar surface area (TPSA) is 49.7 Å². The van der Waals surface area contributed by atoms with Crippen LogP contribution in [-0.4, -0.2) is 23.1 Å². The predicted octanol–water partition coefficient (Wildman–Crippen LogP) is 3.72. The third-order valence-electron chi connectivity index (χ3n) is 7.10. The zero-order valence-corrected chi connectivity index (χ0v) is 13.5. The molecule has 0 aliphatic heterocycles. The third kappa shape index (κ3) is 1.70. The molecule has 4 aliphatic carbocycles. The second-order valence-corrected chi connectivity index (χ2v) is 7.75. The Morgan fingerprint density at radius 3 is 2.82 bits per heavy atom. The van der Waals surface area contributed by atoms with E-state index in [4.69, 9.17) is 4.74 Å². The van der Waals surface area contributed by atoms with E-state index in [2.05, 4.69) is 31.2 Å². The lowest BCUT2D eigenvalue weighted by atomic mass is 9.54. The SMILES string of the molecule is CO[C@]1(O)CC[C@H]2[C@@H]3C=CC4=C(O)CC=C[C@@H]4[C@H]3CC[C@@]21C. The predicted molar refractivity (Wildman–Crippen MR) is 85.0 cm³/mol. The summed E-state index contributed by atoms with van der Waals surface area (Å²) < 4.78 is 5.54. The fourth-order valence-electron chi connectivity index (χ4n) is 5.77. The summed E-state index contributed by atoms with van der Waals surface area (Å²) in [5.74, 6) is 1.41. The van der Waals surface area contributed by atoms with E-state index >= 15 is 0 Å². The number of methoxy groups -OCH3 is 1. The minimum atomic E-state index is -0.975. The van der Waals surface area contributed by atoms with E-state index in [9.17, 15) is 10.2 Å². The van der Waals surface area contributed by atoms with Gasteiger partial charge in [0, 0.05) is 31.3 Å². The molecule has 0 unspecified atom stereocenters. The fourth-order valence-corrected chi connectivity index (χ4v) is 5.77. The van der Waals surface area contributed by atoms with E-state index in [-0.39, 0.29) is 5.41 Å². The molecule has 2 fully saturated rings. The zero-order valence-electron chi connectivity index (χ0n) is 13.5. The number of allylic oxidation sites excluding steroid dienone is 5. The van der Waals surface area contributed by atoms with Crippen molar-refractivity contribution in [3.63, 3.8) is 0 Å². The van der Waals surface area contributed by atoms with Crippen molar-refractivity contribution in [1.29, 1.82) is 0 Å². The molecule has 0 radical (unpaired) electrons. The van der Waals surface area contributed by atoms with Crippen molar-refractivity contribution < 1.29 is 14.9 Å². The normalized spacial score (nSPS) is 49.8. The summed E-state index contributed by atoms with van der Waals surface area (Å²) in [4.78, 5) is 0. The lowest BCUT2D eigenvalue weighted by Crippen LogP contribution is -2.52. The van der Waals surface area contributed by atoms with Gasteiger partial charge >= 0.3 is 0 Å². The van der Waals surface area contributed by atoms with Crippen LogP contribution in [0.3, 0.4) is 0 Å². The van der Waals surface area contributed by atoms with E-state index in [0.717, 1.165) is 31.3 Å². The van der Waals surface area contributed by atoms with Crippen LogP contribution < -0.4 is 0 Å². The molecule has 0 heterocycles.